The lowest BCUT2D eigenvalue weighted by Gasteiger charge is -2.03. The van der Waals surface area contributed by atoms with Crippen LogP contribution in [0.5, 0.6) is 0 Å². The first kappa shape index (κ1) is 9.39. The molecule has 1 fully saturated rings. The third kappa shape index (κ3) is 1.46. The summed E-state index contributed by atoms with van der Waals surface area (Å²) in [5.41, 5.74) is 3.09. The Kier molecular flexibility index (Phi) is 2.13. The van der Waals surface area contributed by atoms with Crippen LogP contribution in [0, 0.1) is 6.92 Å². The van der Waals surface area contributed by atoms with Crippen LogP contribution < -0.4 is 5.32 Å². The van der Waals surface area contributed by atoms with Gasteiger partial charge in [0.25, 0.3) is 0 Å². The van der Waals surface area contributed by atoms with E-state index in [4.69, 9.17) is 0 Å². The molecule has 1 aliphatic rings. The number of aryl methyl sites for hydroxylation is 1. The summed E-state index contributed by atoms with van der Waals surface area (Å²) < 4.78 is 0. The summed E-state index contributed by atoms with van der Waals surface area (Å²) in [5, 5.41) is 4.44. The Morgan fingerprint density at radius 3 is 3.19 bits per heavy atom. The molecule has 0 bridgehead atoms. The van der Waals surface area contributed by atoms with Crippen LogP contribution in [-0.2, 0) is 0 Å². The summed E-state index contributed by atoms with van der Waals surface area (Å²) in [6.07, 6.45) is 5.97. The van der Waals surface area contributed by atoms with Crippen LogP contribution in [0.3, 0.4) is 0 Å². The van der Waals surface area contributed by atoms with Crippen molar-refractivity contribution in [1.29, 1.82) is 0 Å². The smallest absolute Gasteiger partial charge is 0.137 e. The number of pyridine rings is 1. The van der Waals surface area contributed by atoms with E-state index in [-0.39, 0.29) is 0 Å². The summed E-state index contributed by atoms with van der Waals surface area (Å²) in [6, 6.07) is 2.05. The maximum atomic E-state index is 4.62. The molecule has 16 heavy (non-hydrogen) atoms. The number of aromatic nitrogens is 2. The minimum atomic E-state index is 0.931. The highest BCUT2D eigenvalue weighted by Crippen LogP contribution is 2.25. The summed E-state index contributed by atoms with van der Waals surface area (Å²) in [7, 11) is 0. The van der Waals surface area contributed by atoms with E-state index in [0.717, 1.165) is 35.5 Å². The molecule has 1 aliphatic heterocycles. The van der Waals surface area contributed by atoms with E-state index in [1.54, 1.807) is 0 Å². The van der Waals surface area contributed by atoms with Crippen molar-refractivity contribution >= 4 is 22.6 Å². The van der Waals surface area contributed by atoms with Gasteiger partial charge in [-0.15, -0.1) is 0 Å². The van der Waals surface area contributed by atoms with Crippen molar-refractivity contribution in [3.8, 4) is 0 Å². The Bertz CT molecular complexity index is 545. The van der Waals surface area contributed by atoms with Crippen LogP contribution in [0.1, 0.15) is 18.4 Å². The predicted octanol–water partition coefficient (Wildman–Crippen LogP) is 2.28. The number of aromatic amines is 1. The fourth-order valence-corrected chi connectivity index (χ4v) is 2.06. The minimum Gasteiger partial charge on any atom is -0.373 e. The molecule has 0 unspecified atom stereocenters. The lowest BCUT2D eigenvalue weighted by Crippen LogP contribution is -2.13. The number of H-pyrrole nitrogens is 1. The lowest BCUT2D eigenvalue weighted by molar-refractivity contribution is 0.912. The number of fused-ring (bicyclic) bond motifs is 1. The van der Waals surface area contributed by atoms with Crippen LogP contribution in [-0.4, -0.2) is 22.3 Å². The van der Waals surface area contributed by atoms with Crippen molar-refractivity contribution in [2.24, 2.45) is 4.99 Å². The first-order chi connectivity index (χ1) is 7.84. The standard InChI is InChI=1S/C12H14N4/c1-8-9-4-6-14-12(9)15-7-10(8)16-11-3-2-5-13-11/h4,6-7H,2-3,5H2,1H3,(H,13,16)(H,14,15). The molecule has 0 amide bonds. The normalized spacial score (nSPS) is 18.2. The molecule has 2 aromatic rings. The summed E-state index contributed by atoms with van der Waals surface area (Å²) in [4.78, 5) is 12.1. The number of amidine groups is 1. The van der Waals surface area contributed by atoms with Crippen LogP contribution in [0.15, 0.2) is 23.5 Å². The molecule has 0 saturated carbocycles. The van der Waals surface area contributed by atoms with Gasteiger partial charge < -0.3 is 10.3 Å². The van der Waals surface area contributed by atoms with Gasteiger partial charge in [0.2, 0.25) is 0 Å². The van der Waals surface area contributed by atoms with Gasteiger partial charge >= 0.3 is 0 Å². The van der Waals surface area contributed by atoms with E-state index in [1.165, 1.54) is 12.0 Å². The molecule has 0 radical (unpaired) electrons. The molecule has 2 aromatic heterocycles. The van der Waals surface area contributed by atoms with Gasteiger partial charge in [0.15, 0.2) is 0 Å². The Balaban J connectivity index is 2.09. The molecular formula is C12H14N4. The van der Waals surface area contributed by atoms with Crippen molar-refractivity contribution in [3.05, 3.63) is 24.0 Å². The molecule has 82 valence electrons. The number of rotatable bonds is 1. The van der Waals surface area contributed by atoms with Gasteiger partial charge in [-0.25, -0.2) is 9.98 Å². The first-order valence-electron chi connectivity index (χ1n) is 5.59. The molecule has 0 aromatic carbocycles. The van der Waals surface area contributed by atoms with Crippen LogP contribution in [0.2, 0.25) is 0 Å². The highest BCUT2D eigenvalue weighted by atomic mass is 15.0. The number of nitrogens with one attached hydrogen (secondary N) is 2. The lowest BCUT2D eigenvalue weighted by atomic mass is 10.2. The molecule has 3 heterocycles. The molecule has 0 spiro atoms. The van der Waals surface area contributed by atoms with Gasteiger partial charge in [-0.2, -0.15) is 0 Å². The SMILES string of the molecule is Cc1c(/N=C2\CCCN2)cnc2[nH]ccc12. The number of hydrogen-bond donors (Lipinski definition) is 2. The summed E-state index contributed by atoms with van der Waals surface area (Å²) in [6.45, 7) is 3.13. The third-order valence-electron chi connectivity index (χ3n) is 3.00. The highest BCUT2D eigenvalue weighted by molar-refractivity contribution is 5.89. The number of nitrogens with zero attached hydrogens (tertiary/aromatic N) is 2. The van der Waals surface area contributed by atoms with Gasteiger partial charge in [-0.05, 0) is 25.0 Å². The molecule has 1 saturated heterocycles. The van der Waals surface area contributed by atoms with E-state index in [1.807, 2.05) is 18.5 Å². The quantitative estimate of drug-likeness (QED) is 0.765. The number of hydrogen-bond acceptors (Lipinski definition) is 2. The van der Waals surface area contributed by atoms with E-state index in [0.29, 0.717) is 0 Å². The second kappa shape index (κ2) is 3.63. The minimum absolute atomic E-state index is 0.931. The Hall–Kier alpha value is -1.84. The average Bonchev–Trinajstić information content (AvgIpc) is 2.93. The zero-order chi connectivity index (χ0) is 11.0. The monoisotopic (exact) mass is 214 g/mol. The van der Waals surface area contributed by atoms with Gasteiger partial charge in [-0.1, -0.05) is 0 Å². The second-order valence-corrected chi connectivity index (χ2v) is 4.10. The van der Waals surface area contributed by atoms with Crippen molar-refractivity contribution in [1.82, 2.24) is 15.3 Å². The zero-order valence-electron chi connectivity index (χ0n) is 9.25. The molecular weight excluding hydrogens is 200 g/mol. The fraction of sp³-hybridized carbons (Fsp3) is 0.333. The Morgan fingerprint density at radius 1 is 1.44 bits per heavy atom. The summed E-state index contributed by atoms with van der Waals surface area (Å²) >= 11 is 0. The molecule has 0 atom stereocenters. The van der Waals surface area contributed by atoms with Crippen molar-refractivity contribution < 1.29 is 0 Å². The first-order valence-corrected chi connectivity index (χ1v) is 5.59. The Labute approximate surface area is 93.8 Å². The van der Waals surface area contributed by atoms with E-state index < -0.39 is 0 Å². The summed E-state index contributed by atoms with van der Waals surface area (Å²) in [5.74, 6) is 1.08. The van der Waals surface area contributed by atoms with E-state index in [2.05, 4.69) is 27.2 Å². The van der Waals surface area contributed by atoms with Crippen molar-refractivity contribution in [2.45, 2.75) is 19.8 Å². The average molecular weight is 214 g/mol. The zero-order valence-corrected chi connectivity index (χ0v) is 9.25. The molecule has 0 aliphatic carbocycles. The van der Waals surface area contributed by atoms with Crippen molar-refractivity contribution in [2.75, 3.05) is 6.54 Å². The van der Waals surface area contributed by atoms with Crippen molar-refractivity contribution in [3.63, 3.8) is 0 Å². The predicted molar refractivity (Wildman–Crippen MR) is 65.2 cm³/mol. The highest BCUT2D eigenvalue weighted by Gasteiger charge is 2.09. The maximum absolute atomic E-state index is 4.62. The van der Waals surface area contributed by atoms with Gasteiger partial charge in [-0.3, -0.25) is 0 Å². The second-order valence-electron chi connectivity index (χ2n) is 4.10. The third-order valence-corrected chi connectivity index (χ3v) is 3.00. The van der Waals surface area contributed by atoms with Crippen LogP contribution in [0.25, 0.3) is 11.0 Å². The number of aliphatic imine (C=N–C) groups is 1. The van der Waals surface area contributed by atoms with Crippen LogP contribution in [0.4, 0.5) is 5.69 Å². The van der Waals surface area contributed by atoms with Gasteiger partial charge in [0.05, 0.1) is 11.9 Å². The fourth-order valence-electron chi connectivity index (χ4n) is 2.06. The van der Waals surface area contributed by atoms with Gasteiger partial charge in [0, 0.05) is 24.5 Å². The molecule has 3 rings (SSSR count). The largest absolute Gasteiger partial charge is 0.373 e. The Morgan fingerprint density at radius 2 is 2.38 bits per heavy atom. The van der Waals surface area contributed by atoms with Gasteiger partial charge in [0.1, 0.15) is 11.5 Å². The van der Waals surface area contributed by atoms with E-state index in [9.17, 15) is 0 Å². The molecule has 2 N–H and O–H groups in total. The van der Waals surface area contributed by atoms with E-state index >= 15 is 0 Å². The maximum Gasteiger partial charge on any atom is 0.137 e. The molecule has 4 nitrogen and oxygen atoms in total. The molecule has 4 heteroatoms. The van der Waals surface area contributed by atoms with Crippen LogP contribution >= 0.6 is 0 Å². The topological polar surface area (TPSA) is 53.1 Å².